The summed E-state index contributed by atoms with van der Waals surface area (Å²) in [5.41, 5.74) is -0.925. The molecule has 21 heavy (non-hydrogen) atoms. The second-order valence-electron chi connectivity index (χ2n) is 4.04. The third kappa shape index (κ3) is 2.60. The molecule has 0 radical (unpaired) electrons. The van der Waals surface area contributed by atoms with E-state index in [9.17, 15) is 13.2 Å². The summed E-state index contributed by atoms with van der Waals surface area (Å²) in [6, 6.07) is 7.64. The largest absolute Gasteiger partial charge is 0.434 e. The topological polar surface area (TPSA) is 64.7 Å². The molecule has 8 heteroatoms. The molecule has 0 fully saturated rings. The van der Waals surface area contributed by atoms with E-state index in [-0.39, 0.29) is 17.3 Å². The molecule has 3 heterocycles. The molecule has 0 unspecified atom stereocenters. The lowest BCUT2D eigenvalue weighted by Crippen LogP contribution is -2.09. The first-order valence-electron chi connectivity index (χ1n) is 5.83. The van der Waals surface area contributed by atoms with E-state index in [0.717, 1.165) is 6.20 Å². The number of alkyl halides is 3. The minimum absolute atomic E-state index is 0.113. The minimum atomic E-state index is -4.60. The average molecular weight is 292 g/mol. The molecule has 0 atom stereocenters. The Morgan fingerprint density at radius 3 is 2.48 bits per heavy atom. The average Bonchev–Trinajstić information content (AvgIpc) is 2.97. The first kappa shape index (κ1) is 13.2. The van der Waals surface area contributed by atoms with Gasteiger partial charge in [0.1, 0.15) is 5.69 Å². The molecule has 0 aliphatic rings. The van der Waals surface area contributed by atoms with Crippen molar-refractivity contribution >= 4 is 0 Å². The fourth-order valence-electron chi connectivity index (χ4n) is 1.74. The fourth-order valence-corrected chi connectivity index (χ4v) is 1.74. The SMILES string of the molecule is FC(F)(F)c1ncccc1-c1nc(-c2ccccn2)no1. The summed E-state index contributed by atoms with van der Waals surface area (Å²) < 4.78 is 43.6. The van der Waals surface area contributed by atoms with Gasteiger partial charge in [0, 0.05) is 12.4 Å². The lowest BCUT2D eigenvalue weighted by molar-refractivity contribution is -0.140. The molecular formula is C13H7F3N4O. The Hall–Kier alpha value is -2.77. The third-order valence-electron chi connectivity index (χ3n) is 2.63. The number of rotatable bonds is 2. The van der Waals surface area contributed by atoms with Crippen molar-refractivity contribution in [2.24, 2.45) is 0 Å². The number of nitrogens with zero attached hydrogens (tertiary/aromatic N) is 4. The predicted molar refractivity (Wildman–Crippen MR) is 65.8 cm³/mol. The highest BCUT2D eigenvalue weighted by molar-refractivity contribution is 5.60. The van der Waals surface area contributed by atoms with Gasteiger partial charge in [-0.25, -0.2) is 0 Å². The molecule has 3 rings (SSSR count). The van der Waals surface area contributed by atoms with Crippen LogP contribution in [0.5, 0.6) is 0 Å². The minimum Gasteiger partial charge on any atom is -0.333 e. The van der Waals surface area contributed by atoms with Crippen LogP contribution in [0, 0.1) is 0 Å². The highest BCUT2D eigenvalue weighted by atomic mass is 19.4. The van der Waals surface area contributed by atoms with Gasteiger partial charge in [0.15, 0.2) is 5.69 Å². The third-order valence-corrected chi connectivity index (χ3v) is 2.63. The van der Waals surface area contributed by atoms with Crippen LogP contribution in [0.25, 0.3) is 23.0 Å². The summed E-state index contributed by atoms with van der Waals surface area (Å²) >= 11 is 0. The maximum atomic E-state index is 12.9. The second-order valence-corrected chi connectivity index (χ2v) is 4.04. The fraction of sp³-hybridized carbons (Fsp3) is 0.0769. The Kier molecular flexibility index (Phi) is 3.13. The lowest BCUT2D eigenvalue weighted by atomic mass is 10.2. The normalized spacial score (nSPS) is 11.6. The number of aromatic nitrogens is 4. The van der Waals surface area contributed by atoms with Gasteiger partial charge in [0.25, 0.3) is 5.89 Å². The van der Waals surface area contributed by atoms with Crippen molar-refractivity contribution in [3.8, 4) is 23.0 Å². The van der Waals surface area contributed by atoms with Crippen LogP contribution in [-0.4, -0.2) is 20.1 Å². The van der Waals surface area contributed by atoms with Gasteiger partial charge in [0.05, 0.1) is 5.56 Å². The van der Waals surface area contributed by atoms with E-state index in [4.69, 9.17) is 4.52 Å². The van der Waals surface area contributed by atoms with Crippen molar-refractivity contribution in [2.75, 3.05) is 0 Å². The molecule has 0 bridgehead atoms. The lowest BCUT2D eigenvalue weighted by Gasteiger charge is -2.07. The van der Waals surface area contributed by atoms with Crippen molar-refractivity contribution in [3.05, 3.63) is 48.4 Å². The Labute approximate surface area is 116 Å². The molecular weight excluding hydrogens is 285 g/mol. The summed E-state index contributed by atoms with van der Waals surface area (Å²) in [5.74, 6) is -0.140. The maximum absolute atomic E-state index is 12.9. The van der Waals surface area contributed by atoms with Gasteiger partial charge < -0.3 is 4.52 Å². The summed E-state index contributed by atoms with van der Waals surface area (Å²) in [5, 5.41) is 3.64. The number of hydrogen-bond acceptors (Lipinski definition) is 5. The van der Waals surface area contributed by atoms with Gasteiger partial charge in [-0.3, -0.25) is 9.97 Å². The van der Waals surface area contributed by atoms with E-state index in [1.165, 1.54) is 18.3 Å². The summed E-state index contributed by atoms with van der Waals surface area (Å²) in [4.78, 5) is 11.3. The van der Waals surface area contributed by atoms with Crippen LogP contribution in [0.1, 0.15) is 5.69 Å². The zero-order chi connectivity index (χ0) is 14.9. The van der Waals surface area contributed by atoms with E-state index in [2.05, 4.69) is 20.1 Å². The summed E-state index contributed by atoms with van der Waals surface area (Å²) in [6.07, 6.45) is -2.02. The van der Waals surface area contributed by atoms with Crippen LogP contribution in [0.15, 0.2) is 47.2 Å². The maximum Gasteiger partial charge on any atom is 0.434 e. The Morgan fingerprint density at radius 2 is 1.76 bits per heavy atom. The first-order valence-corrected chi connectivity index (χ1v) is 5.83. The molecule has 0 aliphatic carbocycles. The predicted octanol–water partition coefficient (Wildman–Crippen LogP) is 3.21. The summed E-state index contributed by atoms with van der Waals surface area (Å²) in [6.45, 7) is 0. The number of hydrogen-bond donors (Lipinski definition) is 0. The van der Waals surface area contributed by atoms with Crippen molar-refractivity contribution < 1.29 is 17.7 Å². The van der Waals surface area contributed by atoms with Gasteiger partial charge in [-0.2, -0.15) is 18.2 Å². The van der Waals surface area contributed by atoms with Crippen LogP contribution in [0.2, 0.25) is 0 Å². The highest BCUT2D eigenvalue weighted by Crippen LogP contribution is 2.35. The Morgan fingerprint density at radius 1 is 0.952 bits per heavy atom. The molecule has 0 amide bonds. The standard InChI is InChI=1S/C13H7F3N4O/c14-13(15,16)10-8(4-3-7-18-10)12-19-11(20-21-12)9-5-1-2-6-17-9/h1-7H. The van der Waals surface area contributed by atoms with Crippen LogP contribution >= 0.6 is 0 Å². The van der Waals surface area contributed by atoms with Crippen LogP contribution < -0.4 is 0 Å². The van der Waals surface area contributed by atoms with Gasteiger partial charge >= 0.3 is 6.18 Å². The monoisotopic (exact) mass is 292 g/mol. The Balaban J connectivity index is 2.06. The molecule has 0 spiro atoms. The van der Waals surface area contributed by atoms with Crippen LogP contribution in [0.4, 0.5) is 13.2 Å². The Bertz CT molecular complexity index is 755. The summed E-state index contributed by atoms with van der Waals surface area (Å²) in [7, 11) is 0. The van der Waals surface area contributed by atoms with Gasteiger partial charge in [0.2, 0.25) is 5.82 Å². The van der Waals surface area contributed by atoms with Crippen molar-refractivity contribution in [3.63, 3.8) is 0 Å². The van der Waals surface area contributed by atoms with Crippen molar-refractivity contribution in [1.29, 1.82) is 0 Å². The molecule has 0 aromatic carbocycles. The molecule has 3 aromatic rings. The molecule has 5 nitrogen and oxygen atoms in total. The van der Waals surface area contributed by atoms with E-state index in [0.29, 0.717) is 5.69 Å². The van der Waals surface area contributed by atoms with Crippen molar-refractivity contribution in [1.82, 2.24) is 20.1 Å². The molecule has 0 saturated carbocycles. The smallest absolute Gasteiger partial charge is 0.333 e. The van der Waals surface area contributed by atoms with E-state index >= 15 is 0 Å². The van der Waals surface area contributed by atoms with Crippen LogP contribution in [-0.2, 0) is 6.18 Å². The highest BCUT2D eigenvalue weighted by Gasteiger charge is 2.36. The van der Waals surface area contributed by atoms with Gasteiger partial charge in [-0.1, -0.05) is 11.2 Å². The molecule has 3 aromatic heterocycles. The number of pyridine rings is 2. The second kappa shape index (κ2) is 4.97. The van der Waals surface area contributed by atoms with E-state index < -0.39 is 11.9 Å². The molecule has 0 saturated heterocycles. The van der Waals surface area contributed by atoms with Crippen molar-refractivity contribution in [2.45, 2.75) is 6.18 Å². The first-order chi connectivity index (χ1) is 10.1. The zero-order valence-corrected chi connectivity index (χ0v) is 10.4. The van der Waals surface area contributed by atoms with E-state index in [1.54, 1.807) is 18.2 Å². The van der Waals surface area contributed by atoms with Gasteiger partial charge in [-0.15, -0.1) is 0 Å². The quantitative estimate of drug-likeness (QED) is 0.725. The van der Waals surface area contributed by atoms with Gasteiger partial charge in [-0.05, 0) is 24.3 Å². The van der Waals surface area contributed by atoms with E-state index in [1.807, 2.05) is 0 Å². The number of halogens is 3. The zero-order valence-electron chi connectivity index (χ0n) is 10.4. The molecule has 0 N–H and O–H groups in total. The molecule has 0 aliphatic heterocycles. The molecule has 106 valence electrons. The van der Waals surface area contributed by atoms with Crippen LogP contribution in [0.3, 0.4) is 0 Å².